The third kappa shape index (κ3) is 3.86. The Balaban J connectivity index is 1.83. The molecular weight excluding hydrogens is 273 g/mol. The Morgan fingerprint density at radius 3 is 2.60 bits per heavy atom. The zero-order chi connectivity index (χ0) is 14.8. The van der Waals surface area contributed by atoms with Crippen LogP contribution in [-0.4, -0.2) is 30.6 Å². The van der Waals surface area contributed by atoms with E-state index in [1.54, 1.807) is 0 Å². The van der Waals surface area contributed by atoms with Crippen LogP contribution in [0.1, 0.15) is 38.5 Å². The minimum absolute atomic E-state index is 0.0334. The fourth-order valence-electron chi connectivity index (χ4n) is 2.89. The Morgan fingerprint density at radius 1 is 1.25 bits per heavy atom. The molecule has 2 N–H and O–H groups in total. The highest BCUT2D eigenvalue weighted by atomic mass is 19.4. The van der Waals surface area contributed by atoms with Crippen LogP contribution in [-0.2, 0) is 9.59 Å². The number of rotatable bonds is 2. The van der Waals surface area contributed by atoms with Crippen molar-refractivity contribution in [3.05, 3.63) is 0 Å². The second-order valence-electron chi connectivity index (χ2n) is 5.65. The predicted octanol–water partition coefficient (Wildman–Crippen LogP) is 1.75. The van der Waals surface area contributed by atoms with Gasteiger partial charge in [-0.05, 0) is 25.7 Å². The molecule has 0 aromatic rings. The monoisotopic (exact) mass is 292 g/mol. The highest BCUT2D eigenvalue weighted by molar-refractivity contribution is 5.83. The summed E-state index contributed by atoms with van der Waals surface area (Å²) >= 11 is 0. The number of carbonyl (C=O) groups is 2. The van der Waals surface area contributed by atoms with Crippen LogP contribution < -0.4 is 10.6 Å². The van der Waals surface area contributed by atoms with Gasteiger partial charge in [0, 0.05) is 19.0 Å². The highest BCUT2D eigenvalue weighted by Gasteiger charge is 2.42. The molecule has 20 heavy (non-hydrogen) atoms. The normalized spacial score (nSPS) is 31.6. The number of carbonyl (C=O) groups excluding carboxylic acids is 2. The van der Waals surface area contributed by atoms with Gasteiger partial charge in [-0.25, -0.2) is 0 Å². The van der Waals surface area contributed by atoms with Gasteiger partial charge in [0.05, 0.1) is 11.8 Å². The number of nitrogens with one attached hydrogen (secondary N) is 2. The molecule has 1 aliphatic heterocycles. The molecule has 2 amide bonds. The molecule has 2 rings (SSSR count). The van der Waals surface area contributed by atoms with Gasteiger partial charge in [-0.2, -0.15) is 13.2 Å². The lowest BCUT2D eigenvalue weighted by Crippen LogP contribution is -2.48. The average Bonchev–Trinajstić information content (AvgIpc) is 2.38. The van der Waals surface area contributed by atoms with Gasteiger partial charge in [-0.15, -0.1) is 0 Å². The maximum Gasteiger partial charge on any atom is 0.391 e. The molecule has 2 aliphatic rings. The summed E-state index contributed by atoms with van der Waals surface area (Å²) in [7, 11) is 0. The molecule has 1 saturated carbocycles. The van der Waals surface area contributed by atoms with Crippen LogP contribution in [0.25, 0.3) is 0 Å². The van der Waals surface area contributed by atoms with Crippen LogP contribution in [0, 0.1) is 11.8 Å². The van der Waals surface area contributed by atoms with Crippen molar-refractivity contribution in [2.45, 2.75) is 50.7 Å². The summed E-state index contributed by atoms with van der Waals surface area (Å²) in [4.78, 5) is 23.0. The first-order valence-electron chi connectivity index (χ1n) is 7.00. The maximum atomic E-state index is 12.7. The Kier molecular flexibility index (Phi) is 4.55. The van der Waals surface area contributed by atoms with Crippen molar-refractivity contribution in [1.29, 1.82) is 0 Å². The van der Waals surface area contributed by atoms with E-state index in [9.17, 15) is 22.8 Å². The largest absolute Gasteiger partial charge is 0.391 e. The molecule has 0 bridgehead atoms. The molecule has 2 fully saturated rings. The molecule has 114 valence electrons. The van der Waals surface area contributed by atoms with Crippen molar-refractivity contribution in [3.63, 3.8) is 0 Å². The summed E-state index contributed by atoms with van der Waals surface area (Å²) in [6, 6.07) is -0.402. The number of amides is 2. The molecule has 0 radical (unpaired) electrons. The zero-order valence-corrected chi connectivity index (χ0v) is 11.1. The van der Waals surface area contributed by atoms with Crippen LogP contribution in [0.15, 0.2) is 0 Å². The summed E-state index contributed by atoms with van der Waals surface area (Å²) in [5.74, 6) is -1.95. The summed E-state index contributed by atoms with van der Waals surface area (Å²) in [6.07, 6.45) is -2.22. The van der Waals surface area contributed by atoms with E-state index < -0.39 is 18.1 Å². The molecular formula is C13H19F3N2O2. The molecule has 3 atom stereocenters. The lowest BCUT2D eigenvalue weighted by atomic mass is 9.85. The molecule has 1 heterocycles. The van der Waals surface area contributed by atoms with E-state index in [2.05, 4.69) is 10.6 Å². The molecule has 3 unspecified atom stereocenters. The van der Waals surface area contributed by atoms with Crippen molar-refractivity contribution < 1.29 is 22.8 Å². The minimum Gasteiger partial charge on any atom is -0.355 e. The fourth-order valence-corrected chi connectivity index (χ4v) is 2.89. The molecule has 0 aromatic heterocycles. The van der Waals surface area contributed by atoms with Crippen molar-refractivity contribution in [3.8, 4) is 0 Å². The van der Waals surface area contributed by atoms with Gasteiger partial charge in [0.15, 0.2) is 0 Å². The van der Waals surface area contributed by atoms with Crippen LogP contribution in [0.2, 0.25) is 0 Å². The first-order valence-corrected chi connectivity index (χ1v) is 7.00. The van der Waals surface area contributed by atoms with E-state index in [1.807, 2.05) is 0 Å². The fraction of sp³-hybridized carbons (Fsp3) is 0.846. The van der Waals surface area contributed by atoms with E-state index in [1.165, 1.54) is 0 Å². The minimum atomic E-state index is -4.18. The SMILES string of the molecule is O=C1CCC(C(=O)NC2CCCC(C(F)(F)F)C2)CN1. The topological polar surface area (TPSA) is 58.2 Å². The molecule has 4 nitrogen and oxygen atoms in total. The van der Waals surface area contributed by atoms with Gasteiger partial charge >= 0.3 is 6.18 Å². The summed E-state index contributed by atoms with van der Waals surface area (Å²) in [6.45, 7) is 0.278. The van der Waals surface area contributed by atoms with Gasteiger partial charge < -0.3 is 10.6 Å². The van der Waals surface area contributed by atoms with Crippen molar-refractivity contribution in [2.75, 3.05) is 6.54 Å². The number of hydrogen-bond acceptors (Lipinski definition) is 2. The highest BCUT2D eigenvalue weighted by Crippen LogP contribution is 2.37. The molecule has 0 spiro atoms. The average molecular weight is 292 g/mol. The summed E-state index contributed by atoms with van der Waals surface area (Å²) in [5.41, 5.74) is 0. The van der Waals surface area contributed by atoms with E-state index in [0.29, 0.717) is 25.7 Å². The lowest BCUT2D eigenvalue weighted by Gasteiger charge is -2.32. The third-order valence-electron chi connectivity index (χ3n) is 4.12. The van der Waals surface area contributed by atoms with E-state index in [4.69, 9.17) is 0 Å². The summed E-state index contributed by atoms with van der Waals surface area (Å²) < 4.78 is 38.1. The number of piperidine rings is 1. The molecule has 0 aromatic carbocycles. The Bertz CT molecular complexity index is 374. The number of hydrogen-bond donors (Lipinski definition) is 2. The van der Waals surface area contributed by atoms with E-state index in [-0.39, 0.29) is 37.1 Å². The van der Waals surface area contributed by atoms with Gasteiger partial charge in [0.1, 0.15) is 0 Å². The predicted molar refractivity (Wildman–Crippen MR) is 65.7 cm³/mol. The van der Waals surface area contributed by atoms with Gasteiger partial charge in [0.25, 0.3) is 0 Å². The second kappa shape index (κ2) is 6.01. The van der Waals surface area contributed by atoms with Crippen molar-refractivity contribution in [1.82, 2.24) is 10.6 Å². The van der Waals surface area contributed by atoms with Gasteiger partial charge in [-0.3, -0.25) is 9.59 Å². The third-order valence-corrected chi connectivity index (χ3v) is 4.12. The second-order valence-corrected chi connectivity index (χ2v) is 5.65. The zero-order valence-electron chi connectivity index (χ0n) is 11.1. The number of halogens is 3. The van der Waals surface area contributed by atoms with E-state index >= 15 is 0 Å². The molecule has 1 saturated heterocycles. The Labute approximate surface area is 115 Å². The molecule has 7 heteroatoms. The first-order chi connectivity index (χ1) is 9.36. The van der Waals surface area contributed by atoms with Crippen molar-refractivity contribution >= 4 is 11.8 Å². The lowest BCUT2D eigenvalue weighted by molar-refractivity contribution is -0.184. The number of alkyl halides is 3. The first kappa shape index (κ1) is 15.1. The van der Waals surface area contributed by atoms with Gasteiger partial charge in [-0.1, -0.05) is 6.42 Å². The standard InChI is InChI=1S/C13H19F3N2O2/c14-13(15,16)9-2-1-3-10(6-9)18-12(20)8-4-5-11(19)17-7-8/h8-10H,1-7H2,(H,17,19)(H,18,20). The smallest absolute Gasteiger partial charge is 0.355 e. The molecule has 1 aliphatic carbocycles. The quantitative estimate of drug-likeness (QED) is 0.814. The van der Waals surface area contributed by atoms with E-state index in [0.717, 1.165) is 0 Å². The van der Waals surface area contributed by atoms with Crippen LogP contribution >= 0.6 is 0 Å². The maximum absolute atomic E-state index is 12.7. The van der Waals surface area contributed by atoms with Crippen LogP contribution in [0.5, 0.6) is 0 Å². The Morgan fingerprint density at radius 2 is 2.00 bits per heavy atom. The Hall–Kier alpha value is -1.27. The summed E-state index contributed by atoms with van der Waals surface area (Å²) in [5, 5.41) is 5.32. The van der Waals surface area contributed by atoms with Crippen molar-refractivity contribution in [2.24, 2.45) is 11.8 Å². The van der Waals surface area contributed by atoms with Crippen LogP contribution in [0.3, 0.4) is 0 Å². The van der Waals surface area contributed by atoms with Gasteiger partial charge in [0.2, 0.25) is 11.8 Å². The van der Waals surface area contributed by atoms with Crippen LogP contribution in [0.4, 0.5) is 13.2 Å².